The molecule has 14 heteroatoms. The standard InChI is InChI=1S/C74H137NO13/c1-3-5-7-9-11-13-15-17-19-21-23-25-27-29-30-31-32-34-35-37-39-41-43-45-47-49-51-53-55-57-63(78)62(61-85-73-71(84)69(82)72(65(60-77)87-73)88-74-70(83)68(81)67(80)64(59-76)86-74)75-66(79)58-56-54-52-50-48-46-44-42-40-38-36-33-28-26-24-22-20-18-16-14-12-10-8-6-4-2/h16,18,22,24,47,49,55,57,62-65,67-74,76-78,80-84H,3-15,17,19-21,23,25-46,48,50-54,56,58-61H2,1-2H3,(H,75,79)/b18-16-,24-22-,49-47+,57-55+. The van der Waals surface area contributed by atoms with Crippen molar-refractivity contribution in [3.05, 3.63) is 48.6 Å². The number of carbonyl (C=O) groups excluding carboxylic acids is 1. The normalized spacial score (nSPS) is 23.4. The van der Waals surface area contributed by atoms with Gasteiger partial charge in [0.15, 0.2) is 12.6 Å². The number of rotatable bonds is 61. The molecule has 0 radical (unpaired) electrons. The third-order valence-corrected chi connectivity index (χ3v) is 18.0. The Morgan fingerprint density at radius 1 is 0.409 bits per heavy atom. The van der Waals surface area contributed by atoms with E-state index >= 15 is 0 Å². The fraction of sp³-hybridized carbons (Fsp3) is 0.878. The lowest BCUT2D eigenvalue weighted by molar-refractivity contribution is -0.359. The van der Waals surface area contributed by atoms with Crippen molar-refractivity contribution in [3.63, 3.8) is 0 Å². The van der Waals surface area contributed by atoms with Gasteiger partial charge in [0.2, 0.25) is 5.91 Å². The molecule has 0 aromatic rings. The summed E-state index contributed by atoms with van der Waals surface area (Å²) in [5.74, 6) is -0.246. The number of nitrogens with one attached hydrogen (secondary N) is 1. The molecule has 0 bridgehead atoms. The van der Waals surface area contributed by atoms with E-state index in [2.05, 4.69) is 55.6 Å². The van der Waals surface area contributed by atoms with Gasteiger partial charge in [0.05, 0.1) is 32.0 Å². The van der Waals surface area contributed by atoms with Gasteiger partial charge in [-0.25, -0.2) is 0 Å². The molecule has 2 saturated heterocycles. The van der Waals surface area contributed by atoms with Gasteiger partial charge in [-0.05, 0) is 64.2 Å². The Bertz CT molecular complexity index is 1660. The van der Waals surface area contributed by atoms with Crippen LogP contribution in [0.4, 0.5) is 0 Å². The summed E-state index contributed by atoms with van der Waals surface area (Å²) in [4.78, 5) is 13.3. The van der Waals surface area contributed by atoms with Gasteiger partial charge in [-0.3, -0.25) is 4.79 Å². The summed E-state index contributed by atoms with van der Waals surface area (Å²) in [5, 5.41) is 87.5. The first kappa shape index (κ1) is 82.0. The summed E-state index contributed by atoms with van der Waals surface area (Å²) in [7, 11) is 0. The van der Waals surface area contributed by atoms with Crippen LogP contribution in [0.2, 0.25) is 0 Å². The number of ether oxygens (including phenoxy) is 4. The molecule has 2 rings (SSSR count). The van der Waals surface area contributed by atoms with Gasteiger partial charge in [0.25, 0.3) is 0 Å². The highest BCUT2D eigenvalue weighted by Crippen LogP contribution is 2.30. The monoisotopic (exact) mass is 1250 g/mol. The number of carbonyl (C=O) groups is 1. The molecule has 1 amide bonds. The number of amides is 1. The molecule has 2 heterocycles. The lowest BCUT2D eigenvalue weighted by Gasteiger charge is -2.46. The van der Waals surface area contributed by atoms with Crippen LogP contribution in [0.3, 0.4) is 0 Å². The minimum atomic E-state index is -1.79. The van der Waals surface area contributed by atoms with Crippen molar-refractivity contribution >= 4 is 5.91 Å². The van der Waals surface area contributed by atoms with Crippen molar-refractivity contribution in [1.29, 1.82) is 0 Å². The predicted octanol–water partition coefficient (Wildman–Crippen LogP) is 15.5. The maximum atomic E-state index is 13.3. The Kier molecular flexibility index (Phi) is 54.8. The number of aliphatic hydroxyl groups excluding tert-OH is 8. The van der Waals surface area contributed by atoms with Crippen molar-refractivity contribution in [3.8, 4) is 0 Å². The van der Waals surface area contributed by atoms with Crippen molar-refractivity contribution in [2.24, 2.45) is 0 Å². The first-order valence-electron chi connectivity index (χ1n) is 36.9. The first-order valence-corrected chi connectivity index (χ1v) is 36.9. The fourth-order valence-corrected chi connectivity index (χ4v) is 12.1. The molecule has 14 nitrogen and oxygen atoms in total. The average Bonchev–Trinajstić information content (AvgIpc) is 2.07. The SMILES string of the molecule is CCCCCCC/C=C\C/C=C\CCCCCCCCCCCCCCCC(=O)NC(COC1OC(CO)C(OC2OC(CO)C(O)C(O)C2O)C(O)C1O)C(O)/C=C/CC/C=C/CCCCCCCCCCCCCCCCCCCCCCCCC. The van der Waals surface area contributed by atoms with E-state index in [1.54, 1.807) is 6.08 Å². The van der Waals surface area contributed by atoms with Crippen molar-refractivity contribution in [2.45, 2.75) is 396 Å². The van der Waals surface area contributed by atoms with Gasteiger partial charge >= 0.3 is 0 Å². The molecule has 9 N–H and O–H groups in total. The van der Waals surface area contributed by atoms with Crippen molar-refractivity contribution in [2.75, 3.05) is 19.8 Å². The predicted molar refractivity (Wildman–Crippen MR) is 360 cm³/mol. The molecule has 0 aromatic carbocycles. The summed E-state index contributed by atoms with van der Waals surface area (Å²) >= 11 is 0. The van der Waals surface area contributed by atoms with Gasteiger partial charge < -0.3 is 65.1 Å². The van der Waals surface area contributed by atoms with Gasteiger partial charge in [0, 0.05) is 6.42 Å². The second-order valence-corrected chi connectivity index (χ2v) is 26.1. The molecule has 0 aliphatic carbocycles. The topological polar surface area (TPSA) is 228 Å². The molecule has 12 atom stereocenters. The van der Waals surface area contributed by atoms with Crippen LogP contribution < -0.4 is 5.32 Å². The Morgan fingerprint density at radius 2 is 0.761 bits per heavy atom. The van der Waals surface area contributed by atoms with Crippen LogP contribution in [0.25, 0.3) is 0 Å². The molecule has 0 aromatic heterocycles. The molecule has 2 aliphatic rings. The zero-order valence-corrected chi connectivity index (χ0v) is 56.2. The number of aliphatic hydroxyl groups is 8. The molecular formula is C74H137NO13. The molecule has 516 valence electrons. The van der Waals surface area contributed by atoms with Gasteiger partial charge in [0.1, 0.15) is 48.8 Å². The Hall–Kier alpha value is -2.05. The van der Waals surface area contributed by atoms with E-state index in [1.807, 2.05) is 6.08 Å². The molecule has 12 unspecified atom stereocenters. The van der Waals surface area contributed by atoms with Crippen LogP contribution in [-0.4, -0.2) is 140 Å². The van der Waals surface area contributed by atoms with Crippen molar-refractivity contribution in [1.82, 2.24) is 5.32 Å². The van der Waals surface area contributed by atoms with Crippen LogP contribution >= 0.6 is 0 Å². The van der Waals surface area contributed by atoms with Crippen LogP contribution in [0.1, 0.15) is 322 Å². The molecule has 0 spiro atoms. The summed E-state index contributed by atoms with van der Waals surface area (Å²) in [6, 6.07) is -0.934. The number of unbranched alkanes of at least 4 members (excludes halogenated alkanes) is 42. The highest BCUT2D eigenvalue weighted by atomic mass is 16.7. The van der Waals surface area contributed by atoms with E-state index in [-0.39, 0.29) is 18.9 Å². The van der Waals surface area contributed by atoms with Gasteiger partial charge in [-0.15, -0.1) is 0 Å². The van der Waals surface area contributed by atoms with E-state index in [0.717, 1.165) is 38.5 Å². The van der Waals surface area contributed by atoms with Crippen LogP contribution in [0, 0.1) is 0 Å². The maximum Gasteiger partial charge on any atom is 0.220 e. The zero-order valence-electron chi connectivity index (χ0n) is 56.2. The summed E-state index contributed by atoms with van der Waals surface area (Å²) in [6.07, 6.45) is 60.3. The van der Waals surface area contributed by atoms with E-state index in [1.165, 1.54) is 250 Å². The second kappa shape index (κ2) is 58.7. The molecule has 2 aliphatic heterocycles. The van der Waals surface area contributed by atoms with Crippen molar-refractivity contribution < 1.29 is 64.6 Å². The van der Waals surface area contributed by atoms with Crippen LogP contribution in [-0.2, 0) is 23.7 Å². The number of hydrogen-bond acceptors (Lipinski definition) is 13. The number of hydrogen-bond donors (Lipinski definition) is 9. The van der Waals surface area contributed by atoms with Gasteiger partial charge in [-0.2, -0.15) is 0 Å². The second-order valence-electron chi connectivity index (χ2n) is 26.1. The third-order valence-electron chi connectivity index (χ3n) is 18.0. The minimum absolute atomic E-state index is 0.246. The van der Waals surface area contributed by atoms with Crippen LogP contribution in [0.15, 0.2) is 48.6 Å². The highest BCUT2D eigenvalue weighted by molar-refractivity contribution is 5.76. The van der Waals surface area contributed by atoms with E-state index in [9.17, 15) is 45.6 Å². The molecule has 0 saturated carbocycles. The van der Waals surface area contributed by atoms with E-state index < -0.39 is 86.8 Å². The first-order chi connectivity index (χ1) is 43.1. The smallest absolute Gasteiger partial charge is 0.220 e. The lowest BCUT2D eigenvalue weighted by atomic mass is 9.97. The van der Waals surface area contributed by atoms with E-state index in [4.69, 9.17) is 18.9 Å². The fourth-order valence-electron chi connectivity index (χ4n) is 12.1. The van der Waals surface area contributed by atoms with E-state index in [0.29, 0.717) is 12.8 Å². The summed E-state index contributed by atoms with van der Waals surface area (Å²) in [6.45, 7) is 2.82. The highest BCUT2D eigenvalue weighted by Gasteiger charge is 2.51. The Labute approximate surface area is 537 Å². The molecule has 88 heavy (non-hydrogen) atoms. The molecular weight excluding hydrogens is 1110 g/mol. The van der Waals surface area contributed by atoms with Gasteiger partial charge in [-0.1, -0.05) is 300 Å². The quantitative estimate of drug-likeness (QED) is 0.0204. The third kappa shape index (κ3) is 42.2. The largest absolute Gasteiger partial charge is 0.394 e. The zero-order chi connectivity index (χ0) is 63.8. The Balaban J connectivity index is 1.68. The Morgan fingerprint density at radius 3 is 1.18 bits per heavy atom. The maximum absolute atomic E-state index is 13.3. The molecule has 2 fully saturated rings. The average molecular weight is 1250 g/mol. The summed E-state index contributed by atoms with van der Waals surface area (Å²) in [5.41, 5.74) is 0. The van der Waals surface area contributed by atoms with Crippen LogP contribution in [0.5, 0.6) is 0 Å². The number of allylic oxidation sites excluding steroid dienone is 7. The lowest BCUT2D eigenvalue weighted by Crippen LogP contribution is -2.65. The minimum Gasteiger partial charge on any atom is -0.394 e. The summed E-state index contributed by atoms with van der Waals surface area (Å²) < 4.78 is 22.9.